The average molecular weight is 346 g/mol. The Bertz CT molecular complexity index is 739. The lowest BCUT2D eigenvalue weighted by molar-refractivity contribution is -0.157. The summed E-state index contributed by atoms with van der Waals surface area (Å²) in [5.41, 5.74) is 3.25. The van der Waals surface area contributed by atoms with Crippen LogP contribution in [0.2, 0.25) is 0 Å². The molecule has 0 saturated heterocycles. The van der Waals surface area contributed by atoms with E-state index in [1.165, 1.54) is 7.11 Å². The van der Waals surface area contributed by atoms with E-state index in [9.17, 15) is 9.59 Å². The van der Waals surface area contributed by atoms with Crippen LogP contribution in [0.15, 0.2) is 12.3 Å². The Labute approximate surface area is 148 Å². The van der Waals surface area contributed by atoms with Crippen molar-refractivity contribution in [2.45, 2.75) is 58.2 Å². The molecule has 6 nitrogen and oxygen atoms in total. The molecule has 2 unspecified atom stereocenters. The number of nitrogens with one attached hydrogen (secondary N) is 1. The van der Waals surface area contributed by atoms with Crippen LogP contribution in [0.25, 0.3) is 5.57 Å². The Morgan fingerprint density at radius 3 is 2.68 bits per heavy atom. The third-order valence-electron chi connectivity index (χ3n) is 4.65. The minimum Gasteiger partial charge on any atom is -0.465 e. The summed E-state index contributed by atoms with van der Waals surface area (Å²) in [4.78, 5) is 24.7. The van der Waals surface area contributed by atoms with E-state index >= 15 is 0 Å². The van der Waals surface area contributed by atoms with Gasteiger partial charge in [0.05, 0.1) is 12.7 Å². The van der Waals surface area contributed by atoms with Crippen molar-refractivity contribution >= 4 is 17.5 Å². The maximum Gasteiger partial charge on any atom is 0.339 e. The SMILES string of the molecule is COC(=O)c1cn2c3c1C(C)CC=C3CNC(C(=O)OC(C)(C)C)C2. The topological polar surface area (TPSA) is 69.6 Å². The van der Waals surface area contributed by atoms with Crippen molar-refractivity contribution in [2.75, 3.05) is 13.7 Å². The average Bonchev–Trinajstić information content (AvgIpc) is 2.81. The molecule has 0 fully saturated rings. The first-order valence-electron chi connectivity index (χ1n) is 8.68. The number of carbonyl (C=O) groups is 2. The number of esters is 2. The standard InChI is InChI=1S/C19H26N2O4/c1-11-6-7-12-8-20-14(18(23)25-19(2,3)4)10-21-9-13(17(22)24-5)15(11)16(12)21/h7,9,11,14,20H,6,8,10H2,1-5H3. The minimum absolute atomic E-state index is 0.243. The predicted molar refractivity (Wildman–Crippen MR) is 94.4 cm³/mol. The summed E-state index contributed by atoms with van der Waals surface area (Å²) in [6.45, 7) is 8.69. The molecule has 1 N–H and O–H groups in total. The molecule has 2 aliphatic rings. The summed E-state index contributed by atoms with van der Waals surface area (Å²) in [5, 5.41) is 3.30. The first-order chi connectivity index (χ1) is 11.7. The Morgan fingerprint density at radius 1 is 1.32 bits per heavy atom. The van der Waals surface area contributed by atoms with E-state index < -0.39 is 11.6 Å². The Balaban J connectivity index is 1.99. The maximum absolute atomic E-state index is 12.5. The van der Waals surface area contributed by atoms with Crippen LogP contribution in [0.5, 0.6) is 0 Å². The summed E-state index contributed by atoms with van der Waals surface area (Å²) < 4.78 is 12.5. The second-order valence-corrected chi connectivity index (χ2v) is 7.78. The molecule has 1 aliphatic heterocycles. The van der Waals surface area contributed by atoms with Crippen LogP contribution in [-0.2, 0) is 20.8 Å². The van der Waals surface area contributed by atoms with E-state index in [4.69, 9.17) is 9.47 Å². The van der Waals surface area contributed by atoms with Gasteiger partial charge in [-0.1, -0.05) is 13.0 Å². The first-order valence-corrected chi connectivity index (χ1v) is 8.68. The zero-order valence-corrected chi connectivity index (χ0v) is 15.5. The smallest absolute Gasteiger partial charge is 0.339 e. The lowest BCUT2D eigenvalue weighted by atomic mass is 9.86. The molecule has 2 heterocycles. The monoisotopic (exact) mass is 346 g/mol. The highest BCUT2D eigenvalue weighted by molar-refractivity contribution is 5.94. The molecule has 0 amide bonds. The minimum atomic E-state index is -0.534. The lowest BCUT2D eigenvalue weighted by Gasteiger charge is -2.24. The van der Waals surface area contributed by atoms with Crippen molar-refractivity contribution in [1.29, 1.82) is 0 Å². The molecule has 0 radical (unpaired) electrons. The van der Waals surface area contributed by atoms with E-state index in [1.54, 1.807) is 0 Å². The number of rotatable bonds is 2. The highest BCUT2D eigenvalue weighted by Crippen LogP contribution is 2.39. The summed E-state index contributed by atoms with van der Waals surface area (Å²) in [6, 6.07) is -0.456. The van der Waals surface area contributed by atoms with Gasteiger partial charge in [-0.05, 0) is 44.2 Å². The molecule has 25 heavy (non-hydrogen) atoms. The fourth-order valence-electron chi connectivity index (χ4n) is 3.56. The molecular formula is C19H26N2O4. The summed E-state index contributed by atoms with van der Waals surface area (Å²) in [5.74, 6) is -0.362. The third kappa shape index (κ3) is 3.35. The summed E-state index contributed by atoms with van der Waals surface area (Å²) in [6.07, 6.45) is 4.88. The normalized spacial score (nSPS) is 22.5. The van der Waals surface area contributed by atoms with E-state index in [1.807, 2.05) is 31.5 Å². The van der Waals surface area contributed by atoms with Crippen molar-refractivity contribution < 1.29 is 19.1 Å². The van der Waals surface area contributed by atoms with Gasteiger partial charge in [0, 0.05) is 25.0 Å². The quantitative estimate of drug-likeness (QED) is 0.833. The van der Waals surface area contributed by atoms with Crippen LogP contribution in [0.1, 0.15) is 61.6 Å². The van der Waals surface area contributed by atoms with Crippen LogP contribution in [0.4, 0.5) is 0 Å². The molecular weight excluding hydrogens is 320 g/mol. The Morgan fingerprint density at radius 2 is 2.04 bits per heavy atom. The summed E-state index contributed by atoms with van der Waals surface area (Å²) in [7, 11) is 1.40. The van der Waals surface area contributed by atoms with Crippen LogP contribution in [-0.4, -0.2) is 41.8 Å². The van der Waals surface area contributed by atoms with Gasteiger partial charge in [0.2, 0.25) is 0 Å². The third-order valence-corrected chi connectivity index (χ3v) is 4.65. The number of methoxy groups -OCH3 is 1. The van der Waals surface area contributed by atoms with Crippen molar-refractivity contribution in [1.82, 2.24) is 9.88 Å². The van der Waals surface area contributed by atoms with Gasteiger partial charge in [0.25, 0.3) is 0 Å². The lowest BCUT2D eigenvalue weighted by Crippen LogP contribution is -2.43. The fraction of sp³-hybridized carbons (Fsp3) is 0.579. The first kappa shape index (κ1) is 17.7. The molecule has 0 saturated carbocycles. The molecule has 1 aromatic rings. The van der Waals surface area contributed by atoms with E-state index in [0.717, 1.165) is 23.3 Å². The van der Waals surface area contributed by atoms with Crippen molar-refractivity contribution in [3.05, 3.63) is 29.1 Å². The molecule has 136 valence electrons. The van der Waals surface area contributed by atoms with Gasteiger partial charge in [-0.3, -0.25) is 10.1 Å². The van der Waals surface area contributed by atoms with Crippen molar-refractivity contribution in [3.8, 4) is 0 Å². The van der Waals surface area contributed by atoms with Gasteiger partial charge in [-0.15, -0.1) is 0 Å². The number of nitrogens with zero attached hydrogens (tertiary/aromatic N) is 1. The highest BCUT2D eigenvalue weighted by atomic mass is 16.6. The molecule has 0 bridgehead atoms. The molecule has 0 aromatic carbocycles. The van der Waals surface area contributed by atoms with E-state index in [0.29, 0.717) is 18.7 Å². The van der Waals surface area contributed by atoms with Gasteiger partial charge in [-0.2, -0.15) is 0 Å². The van der Waals surface area contributed by atoms with Gasteiger partial charge >= 0.3 is 11.9 Å². The van der Waals surface area contributed by atoms with Gasteiger partial charge in [-0.25, -0.2) is 4.79 Å². The van der Waals surface area contributed by atoms with Crippen LogP contribution in [0, 0.1) is 0 Å². The number of ether oxygens (including phenoxy) is 2. The second-order valence-electron chi connectivity index (χ2n) is 7.78. The van der Waals surface area contributed by atoms with E-state index in [-0.39, 0.29) is 17.9 Å². The van der Waals surface area contributed by atoms with Gasteiger partial charge < -0.3 is 14.0 Å². The molecule has 1 aromatic heterocycles. The van der Waals surface area contributed by atoms with E-state index in [2.05, 4.69) is 18.3 Å². The number of allylic oxidation sites excluding steroid dienone is 1. The van der Waals surface area contributed by atoms with Crippen molar-refractivity contribution in [2.24, 2.45) is 0 Å². The number of aromatic nitrogens is 1. The Hall–Kier alpha value is -2.08. The zero-order chi connectivity index (χ0) is 18.4. The molecule has 1 aliphatic carbocycles. The Kier molecular flexibility index (Phi) is 4.49. The molecule has 0 spiro atoms. The van der Waals surface area contributed by atoms with Crippen LogP contribution in [0.3, 0.4) is 0 Å². The van der Waals surface area contributed by atoms with Crippen LogP contribution < -0.4 is 5.32 Å². The second kappa shape index (κ2) is 6.33. The van der Waals surface area contributed by atoms with Crippen molar-refractivity contribution in [3.63, 3.8) is 0 Å². The molecule has 2 atom stereocenters. The maximum atomic E-state index is 12.5. The zero-order valence-electron chi connectivity index (χ0n) is 15.5. The highest BCUT2D eigenvalue weighted by Gasteiger charge is 2.34. The largest absolute Gasteiger partial charge is 0.465 e. The number of hydrogen-bond donors (Lipinski definition) is 1. The number of carbonyl (C=O) groups excluding carboxylic acids is 2. The summed E-state index contributed by atoms with van der Waals surface area (Å²) >= 11 is 0. The fourth-order valence-corrected chi connectivity index (χ4v) is 3.56. The van der Waals surface area contributed by atoms with Gasteiger partial charge in [0.1, 0.15) is 11.6 Å². The predicted octanol–water partition coefficient (Wildman–Crippen LogP) is 2.48. The molecule has 3 rings (SSSR count). The molecule has 6 heteroatoms. The number of hydrogen-bond acceptors (Lipinski definition) is 5. The van der Waals surface area contributed by atoms with Crippen LogP contribution >= 0.6 is 0 Å². The van der Waals surface area contributed by atoms with Gasteiger partial charge in [0.15, 0.2) is 0 Å².